The molecule has 3 heterocycles. The zero-order chi connectivity index (χ0) is 21.5. The Hall–Kier alpha value is -2.90. The van der Waals surface area contributed by atoms with Crippen LogP contribution in [0.2, 0.25) is 0 Å². The minimum absolute atomic E-state index is 0.0155. The van der Waals surface area contributed by atoms with E-state index in [-0.39, 0.29) is 11.9 Å². The van der Waals surface area contributed by atoms with Crippen LogP contribution >= 0.6 is 0 Å². The molecule has 1 aliphatic rings. The van der Waals surface area contributed by atoms with E-state index < -0.39 is 0 Å². The van der Waals surface area contributed by atoms with Crippen LogP contribution in [0.1, 0.15) is 36.3 Å². The number of nitrogens with one attached hydrogen (secondary N) is 1. The quantitative estimate of drug-likeness (QED) is 0.565. The summed E-state index contributed by atoms with van der Waals surface area (Å²) >= 11 is 0. The topological polar surface area (TPSA) is 80.7 Å². The van der Waals surface area contributed by atoms with Gasteiger partial charge in [0.1, 0.15) is 11.5 Å². The molecule has 164 valence electrons. The minimum atomic E-state index is 0.0155. The van der Waals surface area contributed by atoms with Crippen LogP contribution in [-0.2, 0) is 16.0 Å². The molecule has 1 fully saturated rings. The summed E-state index contributed by atoms with van der Waals surface area (Å²) in [5, 5.41) is 3.07. The van der Waals surface area contributed by atoms with Crippen molar-refractivity contribution in [3.63, 3.8) is 0 Å². The van der Waals surface area contributed by atoms with Gasteiger partial charge >= 0.3 is 0 Å². The number of oxazole rings is 1. The number of benzene rings is 1. The Balaban J connectivity index is 1.25. The molecule has 0 radical (unpaired) electrons. The highest BCUT2D eigenvalue weighted by Gasteiger charge is 2.25. The Morgan fingerprint density at radius 3 is 2.68 bits per heavy atom. The number of aryl methyl sites for hydroxylation is 2. The third-order valence-corrected chi connectivity index (χ3v) is 5.47. The van der Waals surface area contributed by atoms with E-state index in [1.54, 1.807) is 6.20 Å². The Morgan fingerprint density at radius 2 is 1.94 bits per heavy atom. The maximum atomic E-state index is 12.4. The van der Waals surface area contributed by atoms with Gasteiger partial charge in [0, 0.05) is 38.0 Å². The van der Waals surface area contributed by atoms with Crippen molar-refractivity contribution in [1.82, 2.24) is 15.2 Å². The van der Waals surface area contributed by atoms with Crippen LogP contribution in [0.3, 0.4) is 0 Å². The van der Waals surface area contributed by atoms with Crippen LogP contribution in [0.25, 0.3) is 11.3 Å². The molecule has 0 aliphatic carbocycles. The van der Waals surface area contributed by atoms with Gasteiger partial charge in [0.15, 0.2) is 11.7 Å². The van der Waals surface area contributed by atoms with Crippen LogP contribution in [0.15, 0.2) is 57.5 Å². The SMILES string of the molecule is Cc1ccc(C(CNC(=O)CCCc2ncc(-c3ccccc3)o2)N2CCOCC2)o1. The van der Waals surface area contributed by atoms with E-state index in [2.05, 4.69) is 15.2 Å². The number of nitrogens with zero attached hydrogens (tertiary/aromatic N) is 2. The van der Waals surface area contributed by atoms with E-state index in [1.807, 2.05) is 49.4 Å². The van der Waals surface area contributed by atoms with Crippen LogP contribution < -0.4 is 5.32 Å². The highest BCUT2D eigenvalue weighted by molar-refractivity contribution is 5.75. The van der Waals surface area contributed by atoms with Gasteiger partial charge in [-0.05, 0) is 25.5 Å². The molecule has 7 heteroatoms. The first-order valence-corrected chi connectivity index (χ1v) is 10.8. The van der Waals surface area contributed by atoms with Crippen LogP contribution in [0, 0.1) is 6.92 Å². The molecule has 2 aromatic heterocycles. The molecule has 1 aromatic carbocycles. The normalized spacial score (nSPS) is 15.6. The molecule has 0 saturated carbocycles. The van der Waals surface area contributed by atoms with E-state index in [0.29, 0.717) is 44.9 Å². The summed E-state index contributed by atoms with van der Waals surface area (Å²) in [5.74, 6) is 3.19. The smallest absolute Gasteiger partial charge is 0.220 e. The molecule has 1 N–H and O–H groups in total. The molecule has 7 nitrogen and oxygen atoms in total. The highest BCUT2D eigenvalue weighted by Crippen LogP contribution is 2.24. The van der Waals surface area contributed by atoms with Crippen LogP contribution in [0.4, 0.5) is 0 Å². The fourth-order valence-corrected chi connectivity index (χ4v) is 3.79. The van der Waals surface area contributed by atoms with Crippen molar-refractivity contribution >= 4 is 5.91 Å². The van der Waals surface area contributed by atoms with Gasteiger partial charge in [0.05, 0.1) is 25.5 Å². The molecular weight excluding hydrogens is 394 g/mol. The Bertz CT molecular complexity index is 960. The lowest BCUT2D eigenvalue weighted by molar-refractivity contribution is -0.121. The van der Waals surface area contributed by atoms with E-state index in [1.165, 1.54) is 0 Å². The predicted octanol–water partition coefficient (Wildman–Crippen LogP) is 3.76. The van der Waals surface area contributed by atoms with Crippen molar-refractivity contribution < 1.29 is 18.4 Å². The number of morpholine rings is 1. The molecule has 3 aromatic rings. The molecule has 1 atom stereocenters. The lowest BCUT2D eigenvalue weighted by Gasteiger charge is -2.33. The summed E-state index contributed by atoms with van der Waals surface area (Å²) in [6.45, 7) is 5.51. The summed E-state index contributed by atoms with van der Waals surface area (Å²) in [6, 6.07) is 13.9. The third-order valence-electron chi connectivity index (χ3n) is 5.47. The minimum Gasteiger partial charge on any atom is -0.465 e. The number of ether oxygens (including phenoxy) is 1. The first-order valence-electron chi connectivity index (χ1n) is 10.8. The molecule has 1 unspecified atom stereocenters. The van der Waals surface area contributed by atoms with E-state index >= 15 is 0 Å². The van der Waals surface area contributed by atoms with Gasteiger partial charge in [-0.25, -0.2) is 4.98 Å². The second-order valence-electron chi connectivity index (χ2n) is 7.75. The first-order chi connectivity index (χ1) is 15.2. The predicted molar refractivity (Wildman–Crippen MR) is 116 cm³/mol. The molecule has 1 saturated heterocycles. The fraction of sp³-hybridized carbons (Fsp3) is 0.417. The van der Waals surface area contributed by atoms with Gasteiger partial charge in [0.25, 0.3) is 0 Å². The number of hydrogen-bond donors (Lipinski definition) is 1. The highest BCUT2D eigenvalue weighted by atomic mass is 16.5. The van der Waals surface area contributed by atoms with E-state index in [9.17, 15) is 4.79 Å². The van der Waals surface area contributed by atoms with Crippen molar-refractivity contribution in [2.24, 2.45) is 0 Å². The zero-order valence-electron chi connectivity index (χ0n) is 17.9. The van der Waals surface area contributed by atoms with Crippen LogP contribution in [-0.4, -0.2) is 48.6 Å². The van der Waals surface area contributed by atoms with Crippen molar-refractivity contribution in [2.75, 3.05) is 32.8 Å². The Kier molecular flexibility index (Phi) is 7.17. The van der Waals surface area contributed by atoms with E-state index in [0.717, 1.165) is 35.9 Å². The molecule has 1 amide bonds. The maximum Gasteiger partial charge on any atom is 0.220 e. The lowest BCUT2D eigenvalue weighted by Crippen LogP contribution is -2.43. The van der Waals surface area contributed by atoms with Gasteiger partial charge < -0.3 is 18.9 Å². The van der Waals surface area contributed by atoms with Crippen molar-refractivity contribution in [1.29, 1.82) is 0 Å². The standard InChI is InChI=1S/C24H29N3O4/c1-18-10-11-21(30-18)20(27-12-14-29-15-13-27)16-25-23(28)8-5-9-24-26-17-22(31-24)19-6-3-2-4-7-19/h2-4,6-7,10-11,17,20H,5,8-9,12-16H2,1H3,(H,25,28). The molecular formula is C24H29N3O4. The average molecular weight is 424 g/mol. The fourth-order valence-electron chi connectivity index (χ4n) is 3.79. The summed E-state index contributed by atoms with van der Waals surface area (Å²) in [5.41, 5.74) is 1.00. The maximum absolute atomic E-state index is 12.4. The van der Waals surface area contributed by atoms with Gasteiger partial charge in [0.2, 0.25) is 5.91 Å². The number of hydrogen-bond acceptors (Lipinski definition) is 6. The van der Waals surface area contributed by atoms with Crippen molar-refractivity contribution in [3.8, 4) is 11.3 Å². The number of carbonyl (C=O) groups excluding carboxylic acids is 1. The number of carbonyl (C=O) groups is 1. The Morgan fingerprint density at radius 1 is 1.13 bits per heavy atom. The zero-order valence-corrected chi connectivity index (χ0v) is 17.9. The number of aromatic nitrogens is 1. The van der Waals surface area contributed by atoms with Gasteiger partial charge in [-0.2, -0.15) is 0 Å². The summed E-state index contributed by atoms with van der Waals surface area (Å²) < 4.78 is 17.1. The Labute approximate surface area is 182 Å². The number of rotatable bonds is 9. The van der Waals surface area contributed by atoms with Gasteiger partial charge in [-0.1, -0.05) is 30.3 Å². The third kappa shape index (κ3) is 5.83. The second-order valence-corrected chi connectivity index (χ2v) is 7.75. The van der Waals surface area contributed by atoms with Gasteiger partial charge in [-0.3, -0.25) is 9.69 Å². The second kappa shape index (κ2) is 10.4. The number of amides is 1. The molecule has 0 bridgehead atoms. The van der Waals surface area contributed by atoms with Crippen molar-refractivity contribution in [2.45, 2.75) is 32.2 Å². The van der Waals surface area contributed by atoms with Crippen LogP contribution in [0.5, 0.6) is 0 Å². The first kappa shape index (κ1) is 21.3. The summed E-state index contributed by atoms with van der Waals surface area (Å²) in [7, 11) is 0. The van der Waals surface area contributed by atoms with Crippen molar-refractivity contribution in [3.05, 3.63) is 66.1 Å². The molecule has 1 aliphatic heterocycles. The lowest BCUT2D eigenvalue weighted by atomic mass is 10.1. The van der Waals surface area contributed by atoms with Gasteiger partial charge in [-0.15, -0.1) is 0 Å². The monoisotopic (exact) mass is 423 g/mol. The summed E-state index contributed by atoms with van der Waals surface area (Å²) in [6.07, 6.45) is 3.48. The molecule has 4 rings (SSSR count). The largest absolute Gasteiger partial charge is 0.465 e. The van der Waals surface area contributed by atoms with E-state index in [4.69, 9.17) is 13.6 Å². The molecule has 0 spiro atoms. The summed E-state index contributed by atoms with van der Waals surface area (Å²) in [4.78, 5) is 19.1. The number of furan rings is 1. The average Bonchev–Trinajstić information content (AvgIpc) is 3.45. The molecule has 31 heavy (non-hydrogen) atoms.